The van der Waals surface area contributed by atoms with Crippen LogP contribution in [-0.2, 0) is 19.1 Å². The largest absolute Gasteiger partial charge is 0.373 e. The van der Waals surface area contributed by atoms with E-state index in [-0.39, 0.29) is 29.9 Å². The average Bonchev–Trinajstić information content (AvgIpc) is 3.23. The average molecular weight is 329 g/mol. The number of ether oxygens (including phenoxy) is 1. The molecule has 0 aromatic carbocycles. The molecule has 5 unspecified atom stereocenters. The minimum absolute atomic E-state index is 0.169. The van der Waals surface area contributed by atoms with Gasteiger partial charge in [-0.1, -0.05) is 0 Å². The molecule has 126 valence electrons. The van der Waals surface area contributed by atoms with Gasteiger partial charge < -0.3 is 10.1 Å². The van der Waals surface area contributed by atoms with E-state index in [0.717, 1.165) is 23.3 Å². The van der Waals surface area contributed by atoms with Crippen LogP contribution in [0, 0.1) is 18.8 Å². The number of hydrogen-bond acceptors (Lipinski definition) is 5. The predicted molar refractivity (Wildman–Crippen MR) is 83.8 cm³/mol. The third kappa shape index (κ3) is 2.07. The summed E-state index contributed by atoms with van der Waals surface area (Å²) in [6, 6.07) is 0.931. The Labute approximate surface area is 139 Å². The number of anilines is 1. The molecule has 1 aromatic rings. The number of likely N-dealkylation sites (tertiary alicyclic amines) is 1. The third-order valence-corrected chi connectivity index (χ3v) is 5.38. The Hall–Kier alpha value is -2.28. The maximum atomic E-state index is 12.7. The first-order valence-electron chi connectivity index (χ1n) is 8.23. The fraction of sp³-hybridized carbons (Fsp3) is 0.529. The molecule has 3 fully saturated rings. The Bertz CT molecular complexity index is 706. The topological polar surface area (TPSA) is 88.6 Å². The van der Waals surface area contributed by atoms with E-state index in [4.69, 9.17) is 4.74 Å². The van der Waals surface area contributed by atoms with Gasteiger partial charge in [0.25, 0.3) is 0 Å². The SMILES string of the molecule is Cc1ccncc1NC(=O)C(C)N1C(=O)C2C3CCC(O3)C2C1=O. The molecule has 2 bridgehead atoms. The second kappa shape index (κ2) is 5.37. The van der Waals surface area contributed by atoms with Gasteiger partial charge in [0.2, 0.25) is 17.7 Å². The fourth-order valence-corrected chi connectivity index (χ4v) is 4.07. The Kier molecular flexibility index (Phi) is 3.42. The number of rotatable bonds is 3. The van der Waals surface area contributed by atoms with Gasteiger partial charge in [0, 0.05) is 6.20 Å². The van der Waals surface area contributed by atoms with Crippen molar-refractivity contribution in [2.75, 3.05) is 5.32 Å². The summed E-state index contributed by atoms with van der Waals surface area (Å²) >= 11 is 0. The molecule has 7 heteroatoms. The molecule has 3 aliphatic heterocycles. The molecule has 3 saturated heterocycles. The molecule has 24 heavy (non-hydrogen) atoms. The number of amides is 3. The van der Waals surface area contributed by atoms with Crippen molar-refractivity contribution < 1.29 is 19.1 Å². The van der Waals surface area contributed by atoms with Crippen LogP contribution in [0.4, 0.5) is 5.69 Å². The summed E-state index contributed by atoms with van der Waals surface area (Å²) in [5, 5.41) is 2.75. The molecule has 4 heterocycles. The van der Waals surface area contributed by atoms with Gasteiger partial charge in [-0.05, 0) is 38.3 Å². The van der Waals surface area contributed by atoms with Crippen LogP contribution in [0.1, 0.15) is 25.3 Å². The van der Waals surface area contributed by atoms with Gasteiger partial charge in [-0.3, -0.25) is 24.3 Å². The quantitative estimate of drug-likeness (QED) is 0.832. The molecule has 0 radical (unpaired) electrons. The maximum Gasteiger partial charge on any atom is 0.247 e. The Morgan fingerprint density at radius 2 is 1.92 bits per heavy atom. The highest BCUT2D eigenvalue weighted by Crippen LogP contribution is 2.48. The third-order valence-electron chi connectivity index (χ3n) is 5.38. The van der Waals surface area contributed by atoms with Gasteiger partial charge in [-0.2, -0.15) is 0 Å². The number of fused-ring (bicyclic) bond motifs is 5. The lowest BCUT2D eigenvalue weighted by atomic mass is 9.81. The first-order chi connectivity index (χ1) is 11.5. The highest BCUT2D eigenvalue weighted by atomic mass is 16.5. The van der Waals surface area contributed by atoms with Crippen molar-refractivity contribution in [3.63, 3.8) is 0 Å². The number of carbonyl (C=O) groups is 3. The molecule has 0 aliphatic carbocycles. The first kappa shape index (κ1) is 15.3. The van der Waals surface area contributed by atoms with E-state index in [1.807, 2.05) is 6.92 Å². The lowest BCUT2D eigenvalue weighted by Gasteiger charge is -2.24. The summed E-state index contributed by atoms with van der Waals surface area (Å²) in [5.74, 6) is -1.76. The molecule has 4 rings (SSSR count). The second-order valence-electron chi connectivity index (χ2n) is 6.74. The van der Waals surface area contributed by atoms with Crippen LogP contribution >= 0.6 is 0 Å². The molecule has 3 amide bonds. The summed E-state index contributed by atoms with van der Waals surface area (Å²) in [5.41, 5.74) is 1.45. The number of imide groups is 1. The van der Waals surface area contributed by atoms with Gasteiger partial charge >= 0.3 is 0 Å². The van der Waals surface area contributed by atoms with Crippen LogP contribution in [0.15, 0.2) is 18.5 Å². The van der Waals surface area contributed by atoms with Crippen molar-refractivity contribution in [2.24, 2.45) is 11.8 Å². The van der Waals surface area contributed by atoms with Gasteiger partial charge in [0.15, 0.2) is 0 Å². The lowest BCUT2D eigenvalue weighted by molar-refractivity contribution is -0.148. The van der Waals surface area contributed by atoms with Crippen LogP contribution < -0.4 is 5.32 Å². The van der Waals surface area contributed by atoms with E-state index in [1.165, 1.54) is 0 Å². The summed E-state index contributed by atoms with van der Waals surface area (Å²) in [6.07, 6.45) is 4.48. The number of nitrogens with one attached hydrogen (secondary N) is 1. The zero-order valence-electron chi connectivity index (χ0n) is 13.6. The van der Waals surface area contributed by atoms with Crippen molar-refractivity contribution in [1.29, 1.82) is 0 Å². The van der Waals surface area contributed by atoms with Crippen LogP contribution in [0.3, 0.4) is 0 Å². The normalized spacial score (nSPS) is 32.2. The van der Waals surface area contributed by atoms with Gasteiger partial charge in [-0.15, -0.1) is 0 Å². The number of aromatic nitrogens is 1. The molecule has 3 aliphatic rings. The number of pyridine rings is 1. The summed E-state index contributed by atoms with van der Waals surface area (Å²) in [7, 11) is 0. The van der Waals surface area contributed by atoms with E-state index < -0.39 is 17.9 Å². The predicted octanol–water partition coefficient (Wildman–Crippen LogP) is 0.879. The first-order valence-corrected chi connectivity index (χ1v) is 8.23. The molecule has 1 aromatic heterocycles. The van der Waals surface area contributed by atoms with E-state index in [1.54, 1.807) is 25.4 Å². The van der Waals surface area contributed by atoms with E-state index in [9.17, 15) is 14.4 Å². The highest BCUT2D eigenvalue weighted by Gasteiger charge is 2.63. The Morgan fingerprint density at radius 3 is 2.50 bits per heavy atom. The molecule has 0 saturated carbocycles. The number of aryl methyl sites for hydroxylation is 1. The van der Waals surface area contributed by atoms with Crippen LogP contribution in [-0.4, -0.2) is 45.9 Å². The number of nitrogens with zero attached hydrogens (tertiary/aromatic N) is 2. The molecule has 7 nitrogen and oxygen atoms in total. The molecular formula is C17H19N3O4. The Balaban J connectivity index is 1.53. The summed E-state index contributed by atoms with van der Waals surface area (Å²) in [6.45, 7) is 3.44. The van der Waals surface area contributed by atoms with E-state index in [0.29, 0.717) is 5.69 Å². The maximum absolute atomic E-state index is 12.7. The van der Waals surface area contributed by atoms with Gasteiger partial charge in [0.1, 0.15) is 6.04 Å². The fourth-order valence-electron chi connectivity index (χ4n) is 4.07. The minimum Gasteiger partial charge on any atom is -0.373 e. The van der Waals surface area contributed by atoms with E-state index >= 15 is 0 Å². The summed E-state index contributed by atoms with van der Waals surface area (Å²) < 4.78 is 5.70. The lowest BCUT2D eigenvalue weighted by Crippen LogP contribution is -2.47. The monoisotopic (exact) mass is 329 g/mol. The Morgan fingerprint density at radius 1 is 1.29 bits per heavy atom. The van der Waals surface area contributed by atoms with Crippen molar-refractivity contribution >= 4 is 23.4 Å². The van der Waals surface area contributed by atoms with Crippen molar-refractivity contribution in [3.8, 4) is 0 Å². The van der Waals surface area contributed by atoms with Crippen molar-refractivity contribution in [1.82, 2.24) is 9.88 Å². The number of carbonyl (C=O) groups excluding carboxylic acids is 3. The van der Waals surface area contributed by atoms with Crippen molar-refractivity contribution in [2.45, 2.75) is 44.9 Å². The zero-order chi connectivity index (χ0) is 17.0. The van der Waals surface area contributed by atoms with Gasteiger partial charge in [-0.25, -0.2) is 0 Å². The number of hydrogen-bond donors (Lipinski definition) is 1. The van der Waals surface area contributed by atoms with E-state index in [2.05, 4.69) is 10.3 Å². The highest BCUT2D eigenvalue weighted by molar-refractivity contribution is 6.10. The molecule has 1 N–H and O–H groups in total. The van der Waals surface area contributed by atoms with Crippen LogP contribution in [0.5, 0.6) is 0 Å². The summed E-state index contributed by atoms with van der Waals surface area (Å²) in [4.78, 5) is 43.0. The van der Waals surface area contributed by atoms with Crippen molar-refractivity contribution in [3.05, 3.63) is 24.0 Å². The van der Waals surface area contributed by atoms with Gasteiger partial charge in [0.05, 0.1) is 35.9 Å². The second-order valence-corrected chi connectivity index (χ2v) is 6.74. The molecular weight excluding hydrogens is 310 g/mol. The zero-order valence-corrected chi connectivity index (χ0v) is 13.6. The minimum atomic E-state index is -0.852. The molecule has 0 spiro atoms. The molecule has 5 atom stereocenters. The standard InChI is InChI=1S/C17H19N3O4/c1-8-5-6-18-7-10(8)19-15(21)9(2)20-16(22)13-11-3-4-12(24-11)14(13)17(20)23/h5-7,9,11-14H,3-4H2,1-2H3,(H,19,21). The van der Waals surface area contributed by atoms with Crippen LogP contribution in [0.2, 0.25) is 0 Å². The van der Waals surface area contributed by atoms with Crippen LogP contribution in [0.25, 0.3) is 0 Å². The smallest absolute Gasteiger partial charge is 0.247 e.